The van der Waals surface area contributed by atoms with E-state index in [1.807, 2.05) is 0 Å². The summed E-state index contributed by atoms with van der Waals surface area (Å²) in [5.74, 6) is -0.562. The van der Waals surface area contributed by atoms with Gasteiger partial charge in [0.25, 0.3) is 0 Å². The number of likely N-dealkylation sites (tertiary alicyclic amines) is 1. The number of rotatable bonds is 10. The molecule has 5 N–H and O–H groups in total. The summed E-state index contributed by atoms with van der Waals surface area (Å²) in [6.45, 7) is 2.29. The highest BCUT2D eigenvalue weighted by Gasteiger charge is 2.32. The molecule has 2 aromatic carbocycles. The van der Waals surface area contributed by atoms with Gasteiger partial charge in [0.15, 0.2) is 0 Å². The maximum atomic E-state index is 12.8. The highest BCUT2D eigenvalue weighted by atomic mass is 16.2. The second kappa shape index (κ2) is 10.4. The van der Waals surface area contributed by atoms with Crippen molar-refractivity contribution in [3.63, 3.8) is 0 Å². The molecular formula is C23H32N4O2. The number of nitrogens with two attached hydrogens (primary N) is 2. The maximum absolute atomic E-state index is 12.8. The molecule has 2 atom stereocenters. The molecule has 3 rings (SSSR count). The van der Waals surface area contributed by atoms with Crippen LogP contribution in [-0.4, -0.2) is 48.4 Å². The second-order valence-corrected chi connectivity index (χ2v) is 7.83. The van der Waals surface area contributed by atoms with Gasteiger partial charge in [0.1, 0.15) is 6.04 Å². The summed E-state index contributed by atoms with van der Waals surface area (Å²) >= 11 is 0. The normalized spacial score (nSPS) is 18.0. The fraction of sp³-hybridized carbons (Fsp3) is 0.478. The van der Waals surface area contributed by atoms with Gasteiger partial charge in [0, 0.05) is 6.54 Å². The van der Waals surface area contributed by atoms with Crippen molar-refractivity contribution in [3.8, 4) is 0 Å². The molecular weight excluding hydrogens is 364 g/mol. The predicted octanol–water partition coefficient (Wildman–Crippen LogP) is 1.95. The minimum absolute atomic E-state index is 0.0861. The Morgan fingerprint density at radius 3 is 2.72 bits per heavy atom. The molecule has 2 aromatic rings. The van der Waals surface area contributed by atoms with Gasteiger partial charge in [-0.15, -0.1) is 0 Å². The lowest BCUT2D eigenvalue weighted by molar-refractivity contribution is -0.130. The number of nitrogens with one attached hydrogen (secondary N) is 1. The maximum Gasteiger partial charge on any atom is 0.240 e. The van der Waals surface area contributed by atoms with E-state index >= 15 is 0 Å². The zero-order valence-electron chi connectivity index (χ0n) is 17.0. The van der Waals surface area contributed by atoms with Crippen molar-refractivity contribution in [1.82, 2.24) is 10.2 Å². The number of hydrogen-bond donors (Lipinski definition) is 3. The Morgan fingerprint density at radius 1 is 1.14 bits per heavy atom. The average molecular weight is 397 g/mol. The average Bonchev–Trinajstić information content (AvgIpc) is 3.20. The Morgan fingerprint density at radius 2 is 1.93 bits per heavy atom. The minimum Gasteiger partial charge on any atom is -0.368 e. The van der Waals surface area contributed by atoms with E-state index in [1.54, 1.807) is 0 Å². The number of benzene rings is 2. The van der Waals surface area contributed by atoms with E-state index < -0.39 is 11.9 Å². The Hall–Kier alpha value is -2.44. The highest BCUT2D eigenvalue weighted by molar-refractivity contribution is 5.89. The van der Waals surface area contributed by atoms with E-state index in [-0.39, 0.29) is 11.9 Å². The number of nitrogens with zero attached hydrogens (tertiary/aromatic N) is 1. The number of primary amides is 1. The molecule has 1 aliphatic heterocycles. The molecule has 1 fully saturated rings. The fourth-order valence-corrected chi connectivity index (χ4v) is 4.21. The summed E-state index contributed by atoms with van der Waals surface area (Å²) in [6.07, 6.45) is 4.83. The van der Waals surface area contributed by atoms with Gasteiger partial charge in [0.2, 0.25) is 11.8 Å². The molecule has 29 heavy (non-hydrogen) atoms. The first kappa shape index (κ1) is 21.3. The third-order valence-electron chi connectivity index (χ3n) is 5.82. The number of carbonyl (C=O) groups is 2. The molecule has 2 amide bonds. The molecule has 1 heterocycles. The Bertz CT molecular complexity index is 833. The van der Waals surface area contributed by atoms with E-state index in [2.05, 4.69) is 52.7 Å². The van der Waals surface area contributed by atoms with Crippen LogP contribution in [0.3, 0.4) is 0 Å². The zero-order chi connectivity index (χ0) is 20.6. The van der Waals surface area contributed by atoms with Crippen molar-refractivity contribution in [2.24, 2.45) is 11.5 Å². The molecule has 1 aliphatic rings. The highest BCUT2D eigenvalue weighted by Crippen LogP contribution is 2.22. The topological polar surface area (TPSA) is 101 Å². The van der Waals surface area contributed by atoms with Crippen LogP contribution in [0.1, 0.15) is 37.7 Å². The molecule has 0 bridgehead atoms. The number of carbonyl (C=O) groups excluding carboxylic acids is 2. The summed E-state index contributed by atoms with van der Waals surface area (Å²) in [5.41, 5.74) is 12.3. The quantitative estimate of drug-likeness (QED) is 0.534. The number of unbranched alkanes of at least 4 members (excludes halogenated alkanes) is 1. The molecule has 0 saturated carbocycles. The minimum atomic E-state index is -0.616. The van der Waals surface area contributed by atoms with Gasteiger partial charge in [-0.25, -0.2) is 0 Å². The molecule has 0 unspecified atom stereocenters. The van der Waals surface area contributed by atoms with Crippen LogP contribution >= 0.6 is 0 Å². The number of fused-ring (bicyclic) bond motifs is 1. The Balaban J connectivity index is 1.60. The Labute approximate surface area is 172 Å². The van der Waals surface area contributed by atoms with Crippen molar-refractivity contribution >= 4 is 22.6 Å². The molecule has 6 heteroatoms. The van der Waals surface area contributed by atoms with E-state index in [4.69, 9.17) is 11.5 Å². The summed E-state index contributed by atoms with van der Waals surface area (Å²) in [4.78, 5) is 26.8. The van der Waals surface area contributed by atoms with Gasteiger partial charge < -0.3 is 16.8 Å². The summed E-state index contributed by atoms with van der Waals surface area (Å²) in [7, 11) is 0. The first-order valence-corrected chi connectivity index (χ1v) is 10.6. The van der Waals surface area contributed by atoms with Gasteiger partial charge >= 0.3 is 0 Å². The monoisotopic (exact) mass is 396 g/mol. The van der Waals surface area contributed by atoms with E-state index in [1.165, 1.54) is 16.3 Å². The fourth-order valence-electron chi connectivity index (χ4n) is 4.21. The van der Waals surface area contributed by atoms with Crippen molar-refractivity contribution in [1.29, 1.82) is 0 Å². The SMILES string of the molecule is NCCCC[C@H](NC(=O)[C@@H]1CCCN1CCc1cccc2ccccc12)C(N)=O. The van der Waals surface area contributed by atoms with Gasteiger partial charge in [-0.05, 0) is 68.0 Å². The molecule has 1 saturated heterocycles. The van der Waals surface area contributed by atoms with Crippen LogP contribution in [0.5, 0.6) is 0 Å². The number of amides is 2. The summed E-state index contributed by atoms with van der Waals surface area (Å²) in [6, 6.07) is 14.0. The van der Waals surface area contributed by atoms with Crippen LogP contribution in [0.2, 0.25) is 0 Å². The van der Waals surface area contributed by atoms with Crippen molar-refractivity contribution in [3.05, 3.63) is 48.0 Å². The third-order valence-corrected chi connectivity index (χ3v) is 5.82. The molecule has 0 radical (unpaired) electrons. The van der Waals surface area contributed by atoms with Gasteiger partial charge in [-0.1, -0.05) is 42.5 Å². The molecule has 0 spiro atoms. The Kier molecular flexibility index (Phi) is 7.61. The van der Waals surface area contributed by atoms with Gasteiger partial charge in [-0.3, -0.25) is 14.5 Å². The van der Waals surface area contributed by atoms with Crippen LogP contribution in [-0.2, 0) is 16.0 Å². The van der Waals surface area contributed by atoms with Gasteiger partial charge in [-0.2, -0.15) is 0 Å². The zero-order valence-corrected chi connectivity index (χ0v) is 17.0. The number of hydrogen-bond acceptors (Lipinski definition) is 4. The van der Waals surface area contributed by atoms with Crippen LogP contribution < -0.4 is 16.8 Å². The third kappa shape index (κ3) is 5.55. The molecule has 156 valence electrons. The molecule has 0 aliphatic carbocycles. The largest absolute Gasteiger partial charge is 0.368 e. The van der Waals surface area contributed by atoms with E-state index in [0.717, 1.165) is 45.2 Å². The molecule has 0 aromatic heterocycles. The van der Waals surface area contributed by atoms with Crippen molar-refractivity contribution in [2.75, 3.05) is 19.6 Å². The van der Waals surface area contributed by atoms with Gasteiger partial charge in [0.05, 0.1) is 6.04 Å². The first-order valence-electron chi connectivity index (χ1n) is 10.6. The van der Waals surface area contributed by atoms with Crippen molar-refractivity contribution in [2.45, 2.75) is 50.6 Å². The lowest BCUT2D eigenvalue weighted by Crippen LogP contribution is -2.51. The van der Waals surface area contributed by atoms with E-state index in [9.17, 15) is 9.59 Å². The van der Waals surface area contributed by atoms with Crippen LogP contribution in [0, 0.1) is 0 Å². The van der Waals surface area contributed by atoms with Crippen LogP contribution in [0.4, 0.5) is 0 Å². The lowest BCUT2D eigenvalue weighted by Gasteiger charge is -2.26. The van der Waals surface area contributed by atoms with Crippen molar-refractivity contribution < 1.29 is 9.59 Å². The second-order valence-electron chi connectivity index (χ2n) is 7.83. The standard InChI is InChI=1S/C23H32N4O2/c24-14-4-3-11-20(22(25)28)26-23(29)21-12-6-15-27(21)16-13-18-9-5-8-17-7-1-2-10-19(17)18/h1-2,5,7-10,20-21H,3-4,6,11-16,24H2,(H2,25,28)(H,26,29)/t20-,21-/m0/s1. The smallest absolute Gasteiger partial charge is 0.240 e. The summed E-state index contributed by atoms with van der Waals surface area (Å²) < 4.78 is 0. The summed E-state index contributed by atoms with van der Waals surface area (Å²) in [5, 5.41) is 5.39. The first-order chi connectivity index (χ1) is 14.1. The van der Waals surface area contributed by atoms with Crippen LogP contribution in [0.15, 0.2) is 42.5 Å². The predicted molar refractivity (Wildman–Crippen MR) is 116 cm³/mol. The van der Waals surface area contributed by atoms with Crippen LogP contribution in [0.25, 0.3) is 10.8 Å². The lowest BCUT2D eigenvalue weighted by atomic mass is 10.0. The van der Waals surface area contributed by atoms with E-state index in [0.29, 0.717) is 13.0 Å². The molecule has 6 nitrogen and oxygen atoms in total.